The van der Waals surface area contributed by atoms with Gasteiger partial charge < -0.3 is 15.0 Å². The first-order valence-corrected chi connectivity index (χ1v) is 6.69. The van der Waals surface area contributed by atoms with Crippen LogP contribution in [-0.2, 0) is 16.1 Å². The van der Waals surface area contributed by atoms with Crippen molar-refractivity contribution in [3.63, 3.8) is 0 Å². The molecule has 108 valence electrons. The minimum absolute atomic E-state index is 0.0478. The van der Waals surface area contributed by atoms with Crippen LogP contribution in [0.2, 0.25) is 0 Å². The molecule has 0 bridgehead atoms. The second-order valence-corrected chi connectivity index (χ2v) is 4.72. The summed E-state index contributed by atoms with van der Waals surface area (Å²) in [5.74, 6) is 0.197. The fourth-order valence-electron chi connectivity index (χ4n) is 2.32. The molecule has 1 aliphatic rings. The van der Waals surface area contributed by atoms with E-state index < -0.39 is 0 Å². The zero-order valence-corrected chi connectivity index (χ0v) is 11.8. The van der Waals surface area contributed by atoms with Gasteiger partial charge in [0.15, 0.2) is 0 Å². The SMILES string of the molecule is CCN1C[C@H](C(=O)NCc2cccnc2OC)CC1=O. The Morgan fingerprint density at radius 2 is 2.40 bits per heavy atom. The summed E-state index contributed by atoms with van der Waals surface area (Å²) in [5.41, 5.74) is 0.819. The summed E-state index contributed by atoms with van der Waals surface area (Å²) >= 11 is 0. The van der Waals surface area contributed by atoms with Gasteiger partial charge in [-0.1, -0.05) is 6.07 Å². The van der Waals surface area contributed by atoms with Crippen LogP contribution in [0.5, 0.6) is 5.88 Å². The number of carbonyl (C=O) groups excluding carboxylic acids is 2. The van der Waals surface area contributed by atoms with Gasteiger partial charge in [0.05, 0.1) is 13.0 Å². The predicted octanol–water partition coefficient (Wildman–Crippen LogP) is 0.575. The van der Waals surface area contributed by atoms with E-state index in [2.05, 4.69) is 10.3 Å². The van der Waals surface area contributed by atoms with Gasteiger partial charge in [0.1, 0.15) is 0 Å². The lowest BCUT2D eigenvalue weighted by Crippen LogP contribution is -2.32. The molecule has 2 rings (SSSR count). The Balaban J connectivity index is 1.91. The molecule has 1 aromatic heterocycles. The van der Waals surface area contributed by atoms with Crippen LogP contribution in [0.1, 0.15) is 18.9 Å². The largest absolute Gasteiger partial charge is 0.481 e. The minimum Gasteiger partial charge on any atom is -0.481 e. The van der Waals surface area contributed by atoms with Gasteiger partial charge in [0, 0.05) is 37.8 Å². The molecule has 0 aromatic carbocycles. The quantitative estimate of drug-likeness (QED) is 0.854. The summed E-state index contributed by atoms with van der Waals surface area (Å²) < 4.78 is 5.13. The molecule has 0 radical (unpaired) electrons. The van der Waals surface area contributed by atoms with Gasteiger partial charge in [-0.15, -0.1) is 0 Å². The van der Waals surface area contributed by atoms with Gasteiger partial charge in [0.2, 0.25) is 17.7 Å². The first-order valence-electron chi connectivity index (χ1n) is 6.69. The number of ether oxygens (including phenoxy) is 1. The van der Waals surface area contributed by atoms with E-state index in [1.807, 2.05) is 13.0 Å². The highest BCUT2D eigenvalue weighted by molar-refractivity contribution is 5.89. The Labute approximate surface area is 118 Å². The number of amides is 2. The summed E-state index contributed by atoms with van der Waals surface area (Å²) in [6.45, 7) is 3.43. The van der Waals surface area contributed by atoms with E-state index in [0.29, 0.717) is 31.9 Å². The molecular weight excluding hydrogens is 258 g/mol. The summed E-state index contributed by atoms with van der Waals surface area (Å²) in [7, 11) is 1.54. The lowest BCUT2D eigenvalue weighted by molar-refractivity contribution is -0.128. The van der Waals surface area contributed by atoms with Crippen molar-refractivity contribution in [2.45, 2.75) is 19.9 Å². The van der Waals surface area contributed by atoms with E-state index in [1.165, 1.54) is 0 Å². The topological polar surface area (TPSA) is 71.5 Å². The van der Waals surface area contributed by atoms with Crippen molar-refractivity contribution in [1.29, 1.82) is 0 Å². The maximum Gasteiger partial charge on any atom is 0.225 e. The third kappa shape index (κ3) is 3.07. The normalized spacial score (nSPS) is 18.2. The molecule has 1 fully saturated rings. The fraction of sp³-hybridized carbons (Fsp3) is 0.500. The van der Waals surface area contributed by atoms with Crippen molar-refractivity contribution in [2.75, 3.05) is 20.2 Å². The molecule has 6 heteroatoms. The average Bonchev–Trinajstić information content (AvgIpc) is 2.86. The first-order chi connectivity index (χ1) is 9.65. The van der Waals surface area contributed by atoms with Gasteiger partial charge in [-0.05, 0) is 13.0 Å². The number of likely N-dealkylation sites (tertiary alicyclic amines) is 1. The molecule has 1 N–H and O–H groups in total. The van der Waals surface area contributed by atoms with Gasteiger partial charge in [-0.3, -0.25) is 9.59 Å². The van der Waals surface area contributed by atoms with E-state index in [4.69, 9.17) is 4.74 Å². The number of nitrogens with zero attached hydrogens (tertiary/aromatic N) is 2. The number of hydrogen-bond acceptors (Lipinski definition) is 4. The van der Waals surface area contributed by atoms with E-state index >= 15 is 0 Å². The standard InChI is InChI=1S/C14H19N3O3/c1-3-17-9-11(7-12(17)18)13(19)16-8-10-5-4-6-15-14(10)20-2/h4-6,11H,3,7-9H2,1-2H3,(H,16,19)/t11-/m1/s1. The van der Waals surface area contributed by atoms with Crippen molar-refractivity contribution < 1.29 is 14.3 Å². The van der Waals surface area contributed by atoms with Crippen LogP contribution in [0.4, 0.5) is 0 Å². The van der Waals surface area contributed by atoms with Crippen LogP contribution in [0, 0.1) is 5.92 Å². The Bertz CT molecular complexity index is 504. The molecule has 1 aromatic rings. The lowest BCUT2D eigenvalue weighted by Gasteiger charge is -2.14. The predicted molar refractivity (Wildman–Crippen MR) is 73.0 cm³/mol. The van der Waals surface area contributed by atoms with Crippen LogP contribution in [0.25, 0.3) is 0 Å². The zero-order valence-electron chi connectivity index (χ0n) is 11.8. The van der Waals surface area contributed by atoms with Crippen molar-refractivity contribution >= 4 is 11.8 Å². The number of methoxy groups -OCH3 is 1. The van der Waals surface area contributed by atoms with Crippen LogP contribution >= 0.6 is 0 Å². The fourth-order valence-corrected chi connectivity index (χ4v) is 2.32. The molecule has 1 atom stereocenters. The Hall–Kier alpha value is -2.11. The first kappa shape index (κ1) is 14.3. The van der Waals surface area contributed by atoms with E-state index in [9.17, 15) is 9.59 Å². The maximum absolute atomic E-state index is 12.1. The third-order valence-corrected chi connectivity index (χ3v) is 3.46. The van der Waals surface area contributed by atoms with Gasteiger partial charge in [-0.25, -0.2) is 4.98 Å². The molecule has 20 heavy (non-hydrogen) atoms. The smallest absolute Gasteiger partial charge is 0.225 e. The number of nitrogens with one attached hydrogen (secondary N) is 1. The summed E-state index contributed by atoms with van der Waals surface area (Å²) in [5, 5.41) is 2.84. The highest BCUT2D eigenvalue weighted by atomic mass is 16.5. The summed E-state index contributed by atoms with van der Waals surface area (Å²) in [6.07, 6.45) is 1.93. The number of rotatable bonds is 5. The van der Waals surface area contributed by atoms with E-state index in [1.54, 1.807) is 24.3 Å². The van der Waals surface area contributed by atoms with Crippen LogP contribution in [0.15, 0.2) is 18.3 Å². The molecule has 6 nitrogen and oxygen atoms in total. The highest BCUT2D eigenvalue weighted by Gasteiger charge is 2.33. The monoisotopic (exact) mass is 277 g/mol. The average molecular weight is 277 g/mol. The number of pyridine rings is 1. The number of carbonyl (C=O) groups is 2. The molecule has 2 amide bonds. The summed E-state index contributed by atoms with van der Waals surface area (Å²) in [4.78, 5) is 29.5. The van der Waals surface area contributed by atoms with Crippen molar-refractivity contribution in [3.8, 4) is 5.88 Å². The highest BCUT2D eigenvalue weighted by Crippen LogP contribution is 2.18. The molecule has 0 aliphatic carbocycles. The molecule has 0 unspecified atom stereocenters. The van der Waals surface area contributed by atoms with Crippen molar-refractivity contribution in [3.05, 3.63) is 23.9 Å². The number of hydrogen-bond donors (Lipinski definition) is 1. The van der Waals surface area contributed by atoms with E-state index in [-0.39, 0.29) is 17.7 Å². The summed E-state index contributed by atoms with van der Waals surface area (Å²) in [6, 6.07) is 3.65. The Kier molecular flexibility index (Phi) is 4.55. The molecule has 0 spiro atoms. The second-order valence-electron chi connectivity index (χ2n) is 4.72. The van der Waals surface area contributed by atoms with Gasteiger partial charge >= 0.3 is 0 Å². The zero-order chi connectivity index (χ0) is 14.5. The lowest BCUT2D eigenvalue weighted by atomic mass is 10.1. The van der Waals surface area contributed by atoms with Gasteiger partial charge in [0.25, 0.3) is 0 Å². The van der Waals surface area contributed by atoms with Crippen LogP contribution < -0.4 is 10.1 Å². The van der Waals surface area contributed by atoms with Crippen molar-refractivity contribution in [1.82, 2.24) is 15.2 Å². The molecule has 1 saturated heterocycles. The van der Waals surface area contributed by atoms with Crippen LogP contribution in [0.3, 0.4) is 0 Å². The molecule has 2 heterocycles. The minimum atomic E-state index is -0.259. The van der Waals surface area contributed by atoms with Gasteiger partial charge in [-0.2, -0.15) is 0 Å². The molecule has 0 saturated carbocycles. The molecule has 1 aliphatic heterocycles. The van der Waals surface area contributed by atoms with Crippen LogP contribution in [-0.4, -0.2) is 41.9 Å². The maximum atomic E-state index is 12.1. The van der Waals surface area contributed by atoms with Crippen molar-refractivity contribution in [2.24, 2.45) is 5.92 Å². The Morgan fingerprint density at radius 3 is 3.05 bits per heavy atom. The van der Waals surface area contributed by atoms with E-state index in [0.717, 1.165) is 5.56 Å². The Morgan fingerprint density at radius 1 is 1.60 bits per heavy atom. The second kappa shape index (κ2) is 6.36. The number of aromatic nitrogens is 1. The third-order valence-electron chi connectivity index (χ3n) is 3.46. The molecular formula is C14H19N3O3.